The van der Waals surface area contributed by atoms with Crippen LogP contribution in [0, 0.1) is 5.92 Å². The molecule has 0 saturated carbocycles. The van der Waals surface area contributed by atoms with Crippen LogP contribution in [0.1, 0.15) is 12.8 Å². The average Bonchev–Trinajstić information content (AvgIpc) is 2.55. The van der Waals surface area contributed by atoms with Crippen molar-refractivity contribution in [1.82, 2.24) is 9.97 Å². The van der Waals surface area contributed by atoms with Crippen molar-refractivity contribution in [3.63, 3.8) is 0 Å². The lowest BCUT2D eigenvalue weighted by Gasteiger charge is -2.33. The lowest BCUT2D eigenvalue weighted by atomic mass is 9.99. The normalized spacial score (nSPS) is 18.5. The minimum absolute atomic E-state index is 0.471. The Hall–Kier alpha value is -1.81. The Morgan fingerprint density at radius 1 is 1.19 bits per heavy atom. The molecule has 0 spiro atoms. The van der Waals surface area contributed by atoms with Gasteiger partial charge in [0.15, 0.2) is 0 Å². The van der Waals surface area contributed by atoms with Crippen LogP contribution >= 0.6 is 11.6 Å². The van der Waals surface area contributed by atoms with Crippen molar-refractivity contribution in [2.24, 2.45) is 5.92 Å². The number of piperidine rings is 1. The molecule has 3 heterocycles. The van der Waals surface area contributed by atoms with E-state index in [-0.39, 0.29) is 0 Å². The molecule has 2 aromatic heterocycles. The standard InChI is InChI=1S/C16H18ClN3O/c17-14-6-3-9-19-16(14)21-12-13-5-4-10-20(11-13)15-7-1-2-8-18-15/h1-3,6-9,13H,4-5,10-12H2. The van der Waals surface area contributed by atoms with Crippen molar-refractivity contribution >= 4 is 17.4 Å². The zero-order valence-corrected chi connectivity index (χ0v) is 12.5. The van der Waals surface area contributed by atoms with Crippen molar-refractivity contribution in [3.8, 4) is 5.88 Å². The Labute approximate surface area is 129 Å². The van der Waals surface area contributed by atoms with Crippen molar-refractivity contribution in [2.45, 2.75) is 12.8 Å². The summed E-state index contributed by atoms with van der Waals surface area (Å²) in [5.74, 6) is 2.03. The number of nitrogens with zero attached hydrogens (tertiary/aromatic N) is 3. The molecule has 2 aromatic rings. The van der Waals surface area contributed by atoms with Crippen molar-refractivity contribution < 1.29 is 4.74 Å². The molecule has 110 valence electrons. The molecule has 0 N–H and O–H groups in total. The monoisotopic (exact) mass is 303 g/mol. The second kappa shape index (κ2) is 6.76. The van der Waals surface area contributed by atoms with Crippen LogP contribution in [0.5, 0.6) is 5.88 Å². The fourth-order valence-corrected chi connectivity index (χ4v) is 2.80. The predicted octanol–water partition coefficient (Wildman–Crippen LogP) is 3.43. The van der Waals surface area contributed by atoms with Crippen molar-refractivity contribution in [3.05, 3.63) is 47.7 Å². The van der Waals surface area contributed by atoms with Gasteiger partial charge in [0.25, 0.3) is 0 Å². The van der Waals surface area contributed by atoms with Crippen LogP contribution in [0.3, 0.4) is 0 Å². The van der Waals surface area contributed by atoms with E-state index in [1.807, 2.05) is 18.3 Å². The first kappa shape index (κ1) is 14.1. The largest absolute Gasteiger partial charge is 0.476 e. The number of halogens is 1. The van der Waals surface area contributed by atoms with Gasteiger partial charge in [0.05, 0.1) is 6.61 Å². The Balaban J connectivity index is 1.58. The highest BCUT2D eigenvalue weighted by molar-refractivity contribution is 6.31. The molecule has 4 nitrogen and oxygen atoms in total. The van der Waals surface area contributed by atoms with E-state index in [0.29, 0.717) is 23.4 Å². The second-order valence-corrected chi connectivity index (χ2v) is 5.65. The summed E-state index contributed by atoms with van der Waals surface area (Å²) in [5.41, 5.74) is 0. The van der Waals surface area contributed by atoms with E-state index in [0.717, 1.165) is 31.7 Å². The predicted molar refractivity (Wildman–Crippen MR) is 83.9 cm³/mol. The minimum Gasteiger partial charge on any atom is -0.476 e. The fourth-order valence-electron chi connectivity index (χ4n) is 2.62. The van der Waals surface area contributed by atoms with Crippen LogP contribution < -0.4 is 9.64 Å². The first-order valence-corrected chi connectivity index (χ1v) is 7.60. The lowest BCUT2D eigenvalue weighted by molar-refractivity contribution is 0.221. The van der Waals surface area contributed by atoms with Gasteiger partial charge in [-0.25, -0.2) is 9.97 Å². The second-order valence-electron chi connectivity index (χ2n) is 5.24. The molecule has 1 aliphatic heterocycles. The summed E-state index contributed by atoms with van der Waals surface area (Å²) in [4.78, 5) is 10.9. The SMILES string of the molecule is Clc1cccnc1OCC1CCCN(c2ccccn2)C1. The highest BCUT2D eigenvalue weighted by Crippen LogP contribution is 2.24. The topological polar surface area (TPSA) is 38.2 Å². The van der Waals surface area contributed by atoms with Crippen LogP contribution in [-0.2, 0) is 0 Å². The van der Waals surface area contributed by atoms with Crippen LogP contribution in [0.4, 0.5) is 5.82 Å². The van der Waals surface area contributed by atoms with E-state index < -0.39 is 0 Å². The van der Waals surface area contributed by atoms with Gasteiger partial charge < -0.3 is 9.64 Å². The van der Waals surface area contributed by atoms with Gasteiger partial charge in [0.1, 0.15) is 10.8 Å². The maximum Gasteiger partial charge on any atom is 0.232 e. The third-order valence-corrected chi connectivity index (χ3v) is 3.96. The minimum atomic E-state index is 0.471. The number of aromatic nitrogens is 2. The molecule has 0 radical (unpaired) electrons. The van der Waals surface area contributed by atoms with Crippen LogP contribution in [0.25, 0.3) is 0 Å². The Morgan fingerprint density at radius 2 is 2.10 bits per heavy atom. The highest BCUT2D eigenvalue weighted by atomic mass is 35.5. The average molecular weight is 304 g/mol. The van der Waals surface area contributed by atoms with Gasteiger partial charge in [0, 0.05) is 31.4 Å². The van der Waals surface area contributed by atoms with Gasteiger partial charge in [-0.3, -0.25) is 0 Å². The quantitative estimate of drug-likeness (QED) is 0.867. The van der Waals surface area contributed by atoms with Crippen LogP contribution in [-0.4, -0.2) is 29.7 Å². The summed E-state index contributed by atoms with van der Waals surface area (Å²) >= 11 is 6.06. The van der Waals surface area contributed by atoms with E-state index in [1.165, 1.54) is 0 Å². The zero-order chi connectivity index (χ0) is 14.5. The van der Waals surface area contributed by atoms with Crippen LogP contribution in [0.15, 0.2) is 42.7 Å². The maximum absolute atomic E-state index is 6.06. The molecule has 1 atom stereocenters. The molecule has 21 heavy (non-hydrogen) atoms. The van der Waals surface area contributed by atoms with Gasteiger partial charge in [0.2, 0.25) is 5.88 Å². The van der Waals surface area contributed by atoms with Gasteiger partial charge in [-0.2, -0.15) is 0 Å². The maximum atomic E-state index is 6.06. The van der Waals surface area contributed by atoms with Crippen molar-refractivity contribution in [1.29, 1.82) is 0 Å². The van der Waals surface area contributed by atoms with E-state index >= 15 is 0 Å². The molecule has 0 amide bonds. The van der Waals surface area contributed by atoms with E-state index in [1.54, 1.807) is 18.3 Å². The lowest BCUT2D eigenvalue weighted by Crippen LogP contribution is -2.38. The zero-order valence-electron chi connectivity index (χ0n) is 11.8. The molecule has 1 aliphatic rings. The van der Waals surface area contributed by atoms with Crippen molar-refractivity contribution in [2.75, 3.05) is 24.6 Å². The molecule has 0 bridgehead atoms. The summed E-state index contributed by atoms with van der Waals surface area (Å²) in [6, 6.07) is 9.62. The number of hydrogen-bond donors (Lipinski definition) is 0. The summed E-state index contributed by atoms with van der Waals surface area (Å²) in [6.07, 6.45) is 5.85. The van der Waals surface area contributed by atoms with E-state index in [9.17, 15) is 0 Å². The summed E-state index contributed by atoms with van der Waals surface area (Å²) < 4.78 is 5.77. The Morgan fingerprint density at radius 3 is 2.90 bits per heavy atom. The molecule has 0 aromatic carbocycles. The fraction of sp³-hybridized carbons (Fsp3) is 0.375. The summed E-state index contributed by atoms with van der Waals surface area (Å²) in [6.45, 7) is 2.65. The van der Waals surface area contributed by atoms with Crippen LogP contribution in [0.2, 0.25) is 5.02 Å². The number of anilines is 1. The number of ether oxygens (including phenoxy) is 1. The third-order valence-electron chi connectivity index (χ3n) is 3.67. The number of hydrogen-bond acceptors (Lipinski definition) is 4. The van der Waals surface area contributed by atoms with Gasteiger partial charge in [-0.15, -0.1) is 0 Å². The van der Waals surface area contributed by atoms with Gasteiger partial charge >= 0.3 is 0 Å². The number of rotatable bonds is 4. The summed E-state index contributed by atoms with van der Waals surface area (Å²) in [5, 5.41) is 0.565. The smallest absolute Gasteiger partial charge is 0.232 e. The van der Waals surface area contributed by atoms with Gasteiger partial charge in [-0.05, 0) is 37.1 Å². The molecule has 5 heteroatoms. The molecular weight excluding hydrogens is 286 g/mol. The molecule has 0 aliphatic carbocycles. The Kier molecular flexibility index (Phi) is 4.55. The summed E-state index contributed by atoms with van der Waals surface area (Å²) in [7, 11) is 0. The van der Waals surface area contributed by atoms with E-state index in [4.69, 9.17) is 16.3 Å². The van der Waals surface area contributed by atoms with Gasteiger partial charge in [-0.1, -0.05) is 17.7 Å². The highest BCUT2D eigenvalue weighted by Gasteiger charge is 2.21. The molecular formula is C16H18ClN3O. The first-order chi connectivity index (χ1) is 10.3. The third kappa shape index (κ3) is 3.64. The van der Waals surface area contributed by atoms with E-state index in [2.05, 4.69) is 20.9 Å². The molecule has 1 unspecified atom stereocenters. The molecule has 3 rings (SSSR count). The molecule has 1 fully saturated rings. The molecule has 1 saturated heterocycles. The first-order valence-electron chi connectivity index (χ1n) is 7.22. The number of pyridine rings is 2. The Bertz CT molecular complexity index is 579.